The van der Waals surface area contributed by atoms with Crippen LogP contribution in [-0.2, 0) is 40.5 Å². The highest BCUT2D eigenvalue weighted by Gasteiger charge is 2.39. The third-order valence-corrected chi connectivity index (χ3v) is 10.2. The molecule has 0 spiro atoms. The molecule has 214 valence electrons. The Morgan fingerprint density at radius 2 is 1.69 bits per heavy atom. The van der Waals surface area contributed by atoms with Gasteiger partial charge < -0.3 is 9.47 Å². The van der Waals surface area contributed by atoms with E-state index >= 15 is 0 Å². The predicted molar refractivity (Wildman–Crippen MR) is 142 cm³/mol. The number of carbonyl (C=O) groups excluding carboxylic acids is 1. The first-order chi connectivity index (χ1) is 18.6. The van der Waals surface area contributed by atoms with Crippen LogP contribution < -0.4 is 0 Å². The van der Waals surface area contributed by atoms with Crippen LogP contribution in [0.4, 0.5) is 13.2 Å². The highest BCUT2D eigenvalue weighted by molar-refractivity contribution is 7.89. The summed E-state index contributed by atoms with van der Waals surface area (Å²) in [5.74, 6) is -0.198. The lowest BCUT2D eigenvalue weighted by Crippen LogP contribution is -2.51. The Bertz CT molecular complexity index is 1270. The van der Waals surface area contributed by atoms with Gasteiger partial charge in [0.2, 0.25) is 10.0 Å². The van der Waals surface area contributed by atoms with Gasteiger partial charge in [0.1, 0.15) is 0 Å². The molecule has 1 unspecified atom stereocenters. The van der Waals surface area contributed by atoms with Crippen LogP contribution in [0.1, 0.15) is 55.5 Å². The van der Waals surface area contributed by atoms with Crippen LogP contribution in [0.25, 0.3) is 0 Å². The summed E-state index contributed by atoms with van der Waals surface area (Å²) in [4.78, 5) is 17.6. The van der Waals surface area contributed by atoms with Gasteiger partial charge in [0.25, 0.3) is 0 Å². The number of nitrogens with zero attached hydrogens (tertiary/aromatic N) is 4. The summed E-state index contributed by atoms with van der Waals surface area (Å²) < 4.78 is 69.9. The minimum absolute atomic E-state index is 0.120. The summed E-state index contributed by atoms with van der Waals surface area (Å²) in [5, 5.41) is 0. The molecule has 2 fully saturated rings. The first-order valence-electron chi connectivity index (χ1n) is 14.0. The fraction of sp³-hybridized carbons (Fsp3) is 0.607. The third-order valence-electron chi connectivity index (χ3n) is 8.27. The van der Waals surface area contributed by atoms with Crippen molar-refractivity contribution in [3.05, 3.63) is 53.3 Å². The Morgan fingerprint density at radius 1 is 0.923 bits per heavy atom. The zero-order valence-corrected chi connectivity index (χ0v) is 23.0. The zero-order chi connectivity index (χ0) is 27.6. The SMILES string of the molecule is O=C(CN1CCn2c(CCCN3CCCC3)ccc2C1)C1CCCCN1S(=O)(=O)c1cccc(C(F)(F)F)c1. The molecule has 0 bridgehead atoms. The molecule has 3 aliphatic rings. The van der Waals surface area contributed by atoms with Crippen molar-refractivity contribution in [1.82, 2.24) is 18.7 Å². The lowest BCUT2D eigenvalue weighted by molar-refractivity contribution is -0.137. The minimum atomic E-state index is -4.65. The molecule has 1 atom stereocenters. The lowest BCUT2D eigenvalue weighted by Gasteiger charge is -2.36. The van der Waals surface area contributed by atoms with Crippen LogP contribution in [-0.4, -0.2) is 78.2 Å². The topological polar surface area (TPSA) is 65.9 Å². The summed E-state index contributed by atoms with van der Waals surface area (Å²) in [6.45, 7) is 5.87. The molecule has 1 aromatic carbocycles. The van der Waals surface area contributed by atoms with E-state index < -0.39 is 32.7 Å². The Balaban J connectivity index is 1.22. The van der Waals surface area contributed by atoms with Gasteiger partial charge >= 0.3 is 6.18 Å². The molecule has 3 aliphatic heterocycles. The molecule has 0 N–H and O–H groups in total. The van der Waals surface area contributed by atoms with E-state index in [4.69, 9.17) is 0 Å². The average Bonchev–Trinajstić information content (AvgIpc) is 3.58. The van der Waals surface area contributed by atoms with Crippen molar-refractivity contribution in [2.24, 2.45) is 0 Å². The standard InChI is InChI=1S/C28H37F3N4O3S/c29-28(30,31)22-7-5-9-25(19-22)39(37,38)35-16-2-1-10-26(35)27(36)21-33-17-18-34-23(11-12-24(34)20-33)8-6-15-32-13-3-4-14-32/h5,7,9,11-12,19,26H,1-4,6,8,10,13-18,20-21H2. The number of hydrogen-bond acceptors (Lipinski definition) is 5. The van der Waals surface area contributed by atoms with Crippen molar-refractivity contribution in [2.45, 2.75) is 75.1 Å². The lowest BCUT2D eigenvalue weighted by atomic mass is 10.0. The van der Waals surface area contributed by atoms with Gasteiger partial charge in [0.15, 0.2) is 5.78 Å². The molecular formula is C28H37F3N4O3S. The number of sulfonamides is 1. The van der Waals surface area contributed by atoms with E-state index in [2.05, 4.69) is 26.5 Å². The molecule has 0 saturated carbocycles. The molecule has 7 nitrogen and oxygen atoms in total. The number of ketones is 1. The fourth-order valence-electron chi connectivity index (χ4n) is 6.18. The quantitative estimate of drug-likeness (QED) is 0.456. The number of aromatic nitrogens is 1. The van der Waals surface area contributed by atoms with Crippen molar-refractivity contribution < 1.29 is 26.4 Å². The monoisotopic (exact) mass is 566 g/mol. The van der Waals surface area contributed by atoms with Crippen LogP contribution in [0, 0.1) is 0 Å². The second kappa shape index (κ2) is 11.7. The summed E-state index contributed by atoms with van der Waals surface area (Å²) in [7, 11) is -4.25. The van der Waals surface area contributed by atoms with Gasteiger partial charge in [-0.2, -0.15) is 17.5 Å². The average molecular weight is 567 g/mol. The van der Waals surface area contributed by atoms with Crippen LogP contribution in [0.15, 0.2) is 41.3 Å². The molecule has 1 aromatic heterocycles. The molecular weight excluding hydrogens is 529 g/mol. The molecule has 2 aromatic rings. The molecule has 2 saturated heterocycles. The highest BCUT2D eigenvalue weighted by atomic mass is 32.2. The highest BCUT2D eigenvalue weighted by Crippen LogP contribution is 2.33. The maximum atomic E-state index is 13.4. The number of piperidine rings is 1. The van der Waals surface area contributed by atoms with E-state index in [1.807, 2.05) is 0 Å². The van der Waals surface area contributed by atoms with E-state index in [0.717, 1.165) is 48.1 Å². The summed E-state index contributed by atoms with van der Waals surface area (Å²) in [6, 6.07) is 7.20. The number of aryl methyl sites for hydroxylation is 1. The van der Waals surface area contributed by atoms with Crippen molar-refractivity contribution in [2.75, 3.05) is 39.3 Å². The fourth-order valence-corrected chi connectivity index (χ4v) is 7.91. The van der Waals surface area contributed by atoms with Crippen molar-refractivity contribution >= 4 is 15.8 Å². The van der Waals surface area contributed by atoms with Gasteiger partial charge in [-0.25, -0.2) is 8.42 Å². The Morgan fingerprint density at radius 3 is 2.46 bits per heavy atom. The van der Waals surface area contributed by atoms with Crippen LogP contribution in [0.3, 0.4) is 0 Å². The van der Waals surface area contributed by atoms with Gasteiger partial charge in [-0.15, -0.1) is 0 Å². The molecule has 0 aliphatic carbocycles. The number of alkyl halides is 3. The molecule has 4 heterocycles. The van der Waals surface area contributed by atoms with Crippen molar-refractivity contribution in [3.8, 4) is 0 Å². The number of benzene rings is 1. The van der Waals surface area contributed by atoms with Gasteiger partial charge in [0.05, 0.1) is 23.0 Å². The maximum absolute atomic E-state index is 13.4. The summed E-state index contributed by atoms with van der Waals surface area (Å²) in [6.07, 6.45) is 1.75. The largest absolute Gasteiger partial charge is 0.416 e. The first kappa shape index (κ1) is 28.3. The minimum Gasteiger partial charge on any atom is -0.346 e. The van der Waals surface area contributed by atoms with E-state index in [1.165, 1.54) is 37.7 Å². The second-order valence-corrected chi connectivity index (χ2v) is 12.8. The molecule has 0 radical (unpaired) electrons. The van der Waals surface area contributed by atoms with Crippen LogP contribution in [0.5, 0.6) is 0 Å². The first-order valence-corrected chi connectivity index (χ1v) is 15.4. The zero-order valence-electron chi connectivity index (χ0n) is 22.2. The normalized spacial score (nSPS) is 21.8. The Labute approximate surface area is 228 Å². The van der Waals surface area contributed by atoms with E-state index in [-0.39, 0.29) is 18.9 Å². The summed E-state index contributed by atoms with van der Waals surface area (Å²) in [5.41, 5.74) is 1.46. The maximum Gasteiger partial charge on any atom is 0.416 e. The van der Waals surface area contributed by atoms with Crippen LogP contribution in [0.2, 0.25) is 0 Å². The molecule has 11 heteroatoms. The Kier molecular flexibility index (Phi) is 8.51. The van der Waals surface area contributed by atoms with Gasteiger partial charge in [-0.1, -0.05) is 12.5 Å². The van der Waals surface area contributed by atoms with E-state index in [9.17, 15) is 26.4 Å². The van der Waals surface area contributed by atoms with E-state index in [0.29, 0.717) is 38.4 Å². The van der Waals surface area contributed by atoms with E-state index in [1.54, 1.807) is 0 Å². The van der Waals surface area contributed by atoms with Crippen molar-refractivity contribution in [3.63, 3.8) is 0 Å². The second-order valence-electron chi connectivity index (χ2n) is 10.9. The number of rotatable bonds is 9. The van der Waals surface area contributed by atoms with Crippen molar-refractivity contribution in [1.29, 1.82) is 0 Å². The molecule has 5 rings (SSSR count). The number of carbonyl (C=O) groups is 1. The number of Topliss-reactive ketones (excluding diaryl/α,β-unsaturated/α-hetero) is 1. The smallest absolute Gasteiger partial charge is 0.346 e. The van der Waals surface area contributed by atoms with Crippen LogP contribution >= 0.6 is 0 Å². The van der Waals surface area contributed by atoms with Gasteiger partial charge in [-0.05, 0) is 88.5 Å². The number of fused-ring (bicyclic) bond motifs is 1. The summed E-state index contributed by atoms with van der Waals surface area (Å²) >= 11 is 0. The number of halogens is 3. The predicted octanol–water partition coefficient (Wildman–Crippen LogP) is 4.16. The molecule has 0 amide bonds. The molecule has 39 heavy (non-hydrogen) atoms. The van der Waals surface area contributed by atoms with Gasteiger partial charge in [-0.3, -0.25) is 9.69 Å². The number of likely N-dealkylation sites (tertiary alicyclic amines) is 1. The van der Waals surface area contributed by atoms with Gasteiger partial charge in [0, 0.05) is 37.6 Å². The Hall–Kier alpha value is -2.21. The number of hydrogen-bond donors (Lipinski definition) is 0. The third kappa shape index (κ3) is 6.42.